The van der Waals surface area contributed by atoms with Gasteiger partial charge in [-0.3, -0.25) is 4.79 Å². The second-order valence-electron chi connectivity index (χ2n) is 2.27. The molecule has 1 heterocycles. The molecule has 12 heavy (non-hydrogen) atoms. The molecule has 1 aromatic heterocycles. The van der Waals surface area contributed by atoms with E-state index in [1.807, 2.05) is 0 Å². The lowest BCUT2D eigenvalue weighted by atomic mass is 10.2. The van der Waals surface area contributed by atoms with E-state index in [-0.39, 0.29) is 5.56 Å². The van der Waals surface area contributed by atoms with Gasteiger partial charge in [0.05, 0.1) is 11.3 Å². The van der Waals surface area contributed by atoms with Crippen LogP contribution < -0.4 is 0 Å². The van der Waals surface area contributed by atoms with E-state index in [0.717, 1.165) is 11.3 Å². The van der Waals surface area contributed by atoms with Crippen LogP contribution in [-0.4, -0.2) is 12.5 Å². The standard InChI is InChI=1S/C7H5F3OS/c8-7(9,10)2-5-1-6(3-11)12-4-5/h1,3-4H,2H2. The molecule has 0 unspecified atom stereocenters. The lowest BCUT2D eigenvalue weighted by Crippen LogP contribution is -2.10. The highest BCUT2D eigenvalue weighted by atomic mass is 32.1. The number of hydrogen-bond donors (Lipinski definition) is 0. The zero-order valence-electron chi connectivity index (χ0n) is 5.89. The van der Waals surface area contributed by atoms with Crippen LogP contribution in [0.4, 0.5) is 13.2 Å². The van der Waals surface area contributed by atoms with Crippen molar-refractivity contribution in [2.24, 2.45) is 0 Å². The molecule has 0 aliphatic carbocycles. The Morgan fingerprint density at radius 1 is 1.50 bits per heavy atom. The van der Waals surface area contributed by atoms with Crippen molar-refractivity contribution in [3.63, 3.8) is 0 Å². The molecule has 0 saturated heterocycles. The minimum atomic E-state index is -4.19. The first-order chi connectivity index (χ1) is 5.51. The number of carbonyl (C=O) groups is 1. The summed E-state index contributed by atoms with van der Waals surface area (Å²) in [5.41, 5.74) is 0.148. The van der Waals surface area contributed by atoms with Crippen molar-refractivity contribution in [1.29, 1.82) is 0 Å². The van der Waals surface area contributed by atoms with Crippen molar-refractivity contribution >= 4 is 17.6 Å². The van der Waals surface area contributed by atoms with Crippen LogP contribution >= 0.6 is 11.3 Å². The number of thiophene rings is 1. The van der Waals surface area contributed by atoms with E-state index >= 15 is 0 Å². The minimum Gasteiger partial charge on any atom is -0.297 e. The lowest BCUT2D eigenvalue weighted by Gasteiger charge is -2.02. The Morgan fingerprint density at radius 3 is 2.58 bits per heavy atom. The molecule has 0 radical (unpaired) electrons. The monoisotopic (exact) mass is 194 g/mol. The Balaban J connectivity index is 2.70. The van der Waals surface area contributed by atoms with Crippen molar-refractivity contribution in [2.45, 2.75) is 12.6 Å². The summed E-state index contributed by atoms with van der Waals surface area (Å²) in [4.78, 5) is 10.4. The molecule has 0 atom stereocenters. The maximum absolute atomic E-state index is 11.8. The first kappa shape index (κ1) is 9.25. The third-order valence-electron chi connectivity index (χ3n) is 1.19. The van der Waals surface area contributed by atoms with Gasteiger partial charge in [0.25, 0.3) is 0 Å². The van der Waals surface area contributed by atoms with Gasteiger partial charge < -0.3 is 0 Å². The van der Waals surface area contributed by atoms with Gasteiger partial charge in [-0.2, -0.15) is 13.2 Å². The minimum absolute atomic E-state index is 0.148. The second-order valence-corrected chi connectivity index (χ2v) is 3.21. The number of aldehydes is 1. The molecule has 0 aliphatic heterocycles. The number of alkyl halides is 3. The Hall–Kier alpha value is -0.840. The lowest BCUT2D eigenvalue weighted by molar-refractivity contribution is -0.127. The van der Waals surface area contributed by atoms with E-state index < -0.39 is 12.6 Å². The van der Waals surface area contributed by atoms with E-state index in [1.54, 1.807) is 0 Å². The fourth-order valence-corrected chi connectivity index (χ4v) is 1.49. The van der Waals surface area contributed by atoms with Crippen LogP contribution in [0, 0.1) is 0 Å². The molecule has 1 rings (SSSR count). The molecule has 0 N–H and O–H groups in total. The Labute approximate surface area is 70.8 Å². The summed E-state index contributed by atoms with van der Waals surface area (Å²) >= 11 is 1.02. The molecule has 5 heteroatoms. The molecular weight excluding hydrogens is 189 g/mol. The van der Waals surface area contributed by atoms with E-state index in [2.05, 4.69) is 0 Å². The number of halogens is 3. The van der Waals surface area contributed by atoms with Crippen LogP contribution in [0.5, 0.6) is 0 Å². The van der Waals surface area contributed by atoms with E-state index in [4.69, 9.17) is 0 Å². The van der Waals surface area contributed by atoms with Crippen LogP contribution in [0.2, 0.25) is 0 Å². The predicted molar refractivity (Wildman–Crippen MR) is 39.5 cm³/mol. The highest BCUT2D eigenvalue weighted by Gasteiger charge is 2.27. The van der Waals surface area contributed by atoms with E-state index in [1.165, 1.54) is 11.4 Å². The maximum atomic E-state index is 11.8. The quantitative estimate of drug-likeness (QED) is 0.661. The predicted octanol–water partition coefficient (Wildman–Crippen LogP) is 2.67. The second kappa shape index (κ2) is 3.26. The van der Waals surface area contributed by atoms with E-state index in [0.29, 0.717) is 11.2 Å². The van der Waals surface area contributed by atoms with Crippen molar-refractivity contribution in [3.05, 3.63) is 21.9 Å². The van der Waals surface area contributed by atoms with Gasteiger partial charge in [-0.05, 0) is 17.0 Å². The average Bonchev–Trinajstić information content (AvgIpc) is 2.32. The first-order valence-electron chi connectivity index (χ1n) is 3.10. The third-order valence-corrected chi connectivity index (χ3v) is 2.10. The molecule has 0 aromatic carbocycles. The summed E-state index contributed by atoms with van der Waals surface area (Å²) in [7, 11) is 0. The molecule has 1 aromatic rings. The van der Waals surface area contributed by atoms with Crippen molar-refractivity contribution in [2.75, 3.05) is 0 Å². The molecular formula is C7H5F3OS. The van der Waals surface area contributed by atoms with Gasteiger partial charge in [-0.25, -0.2) is 0 Å². The summed E-state index contributed by atoms with van der Waals surface area (Å²) in [6, 6.07) is 1.26. The van der Waals surface area contributed by atoms with Gasteiger partial charge >= 0.3 is 6.18 Å². The molecule has 0 fully saturated rings. The zero-order valence-corrected chi connectivity index (χ0v) is 6.71. The molecule has 0 saturated carbocycles. The van der Waals surface area contributed by atoms with Crippen LogP contribution in [0.15, 0.2) is 11.4 Å². The zero-order chi connectivity index (χ0) is 9.19. The molecule has 0 amide bonds. The maximum Gasteiger partial charge on any atom is 0.393 e. The Bertz CT molecular complexity index is 276. The largest absolute Gasteiger partial charge is 0.393 e. The number of rotatable bonds is 2. The molecule has 0 aliphatic rings. The smallest absolute Gasteiger partial charge is 0.297 e. The average molecular weight is 194 g/mol. The summed E-state index contributed by atoms with van der Waals surface area (Å²) in [6.45, 7) is 0. The summed E-state index contributed by atoms with van der Waals surface area (Å²) in [5, 5.41) is 1.34. The van der Waals surface area contributed by atoms with Crippen LogP contribution in [0.1, 0.15) is 15.2 Å². The van der Waals surface area contributed by atoms with Crippen molar-refractivity contribution in [1.82, 2.24) is 0 Å². The topological polar surface area (TPSA) is 17.1 Å². The van der Waals surface area contributed by atoms with Gasteiger partial charge in [-0.1, -0.05) is 0 Å². The number of hydrogen-bond acceptors (Lipinski definition) is 2. The van der Waals surface area contributed by atoms with Crippen molar-refractivity contribution in [3.8, 4) is 0 Å². The molecule has 0 spiro atoms. The summed E-state index contributed by atoms with van der Waals surface area (Å²) in [5.74, 6) is 0. The van der Waals surface area contributed by atoms with E-state index in [9.17, 15) is 18.0 Å². The van der Waals surface area contributed by atoms with Gasteiger partial charge in [0.1, 0.15) is 0 Å². The van der Waals surface area contributed by atoms with Gasteiger partial charge in [0, 0.05) is 0 Å². The Morgan fingerprint density at radius 2 is 2.17 bits per heavy atom. The fraction of sp³-hybridized carbons (Fsp3) is 0.286. The SMILES string of the molecule is O=Cc1cc(CC(F)(F)F)cs1. The van der Waals surface area contributed by atoms with Crippen molar-refractivity contribution < 1.29 is 18.0 Å². The van der Waals surface area contributed by atoms with Gasteiger partial charge in [0.2, 0.25) is 0 Å². The fourth-order valence-electron chi connectivity index (χ4n) is 0.780. The normalized spacial score (nSPS) is 11.6. The number of carbonyl (C=O) groups excluding carboxylic acids is 1. The van der Waals surface area contributed by atoms with Gasteiger partial charge in [-0.15, -0.1) is 11.3 Å². The third kappa shape index (κ3) is 2.65. The van der Waals surface area contributed by atoms with Crippen LogP contribution in [0.3, 0.4) is 0 Å². The summed E-state index contributed by atoms with van der Waals surface area (Å²) in [6.07, 6.45) is -4.61. The highest BCUT2D eigenvalue weighted by molar-refractivity contribution is 7.11. The van der Waals surface area contributed by atoms with Crippen LogP contribution in [0.25, 0.3) is 0 Å². The molecule has 66 valence electrons. The molecule has 1 nitrogen and oxygen atoms in total. The molecule has 0 bridgehead atoms. The highest BCUT2D eigenvalue weighted by Crippen LogP contribution is 2.23. The van der Waals surface area contributed by atoms with Gasteiger partial charge in [0.15, 0.2) is 6.29 Å². The first-order valence-corrected chi connectivity index (χ1v) is 3.98. The van der Waals surface area contributed by atoms with Crippen LogP contribution in [-0.2, 0) is 6.42 Å². The Kier molecular flexibility index (Phi) is 2.52. The summed E-state index contributed by atoms with van der Waals surface area (Å²) < 4.78 is 35.3.